The van der Waals surface area contributed by atoms with Crippen molar-refractivity contribution in [1.82, 2.24) is 25.1 Å². The third-order valence-corrected chi connectivity index (χ3v) is 7.37. The van der Waals surface area contributed by atoms with E-state index in [0.29, 0.717) is 18.5 Å². The van der Waals surface area contributed by atoms with Gasteiger partial charge >= 0.3 is 6.03 Å². The maximum absolute atomic E-state index is 13.8. The first-order chi connectivity index (χ1) is 19.9. The number of benzene rings is 3. The molecule has 0 aliphatic carbocycles. The average molecular weight is 560 g/mol. The zero-order valence-electron chi connectivity index (χ0n) is 23.0. The number of carbonyl (C=O) groups is 3. The standard InChI is InChI=1S/C31H34FN5O4/c1-34-21-29(38)36-27(18-23-9-4-2-5-10-23)30(39)35(15-16-41-22-25-13-8-14-26(32)17-25)20-28(36)37(34)31(40)33-19-24-11-6-3-7-12-24/h2-14,17,27-28H,15-16,18-22H2,1H3,(H,33,40)/t27-,28-/m0/s1. The van der Waals surface area contributed by atoms with Crippen LogP contribution in [0.2, 0.25) is 0 Å². The normalized spacial score (nSPS) is 19.3. The molecule has 0 radical (unpaired) electrons. The van der Waals surface area contributed by atoms with E-state index in [4.69, 9.17) is 4.74 Å². The molecule has 0 spiro atoms. The van der Waals surface area contributed by atoms with Crippen LogP contribution in [0, 0.1) is 5.82 Å². The highest BCUT2D eigenvalue weighted by atomic mass is 19.1. The second-order valence-corrected chi connectivity index (χ2v) is 10.3. The van der Waals surface area contributed by atoms with Crippen molar-refractivity contribution in [3.63, 3.8) is 0 Å². The van der Waals surface area contributed by atoms with Crippen molar-refractivity contribution >= 4 is 17.8 Å². The number of fused-ring (bicyclic) bond motifs is 1. The minimum absolute atomic E-state index is 0.0232. The molecule has 0 aromatic heterocycles. The zero-order chi connectivity index (χ0) is 28.8. The molecule has 3 aromatic carbocycles. The molecule has 2 aliphatic rings. The topological polar surface area (TPSA) is 85.4 Å². The third-order valence-electron chi connectivity index (χ3n) is 7.37. The first-order valence-corrected chi connectivity index (χ1v) is 13.7. The molecule has 10 heteroatoms. The average Bonchev–Trinajstić information content (AvgIpc) is 2.97. The van der Waals surface area contributed by atoms with Gasteiger partial charge in [-0.2, -0.15) is 0 Å². The van der Waals surface area contributed by atoms with Crippen LogP contribution in [-0.2, 0) is 33.9 Å². The molecule has 0 saturated carbocycles. The van der Waals surface area contributed by atoms with Crippen LogP contribution in [0.4, 0.5) is 9.18 Å². The van der Waals surface area contributed by atoms with Crippen molar-refractivity contribution in [3.05, 3.63) is 107 Å². The predicted octanol–water partition coefficient (Wildman–Crippen LogP) is 3.02. The molecule has 41 heavy (non-hydrogen) atoms. The fourth-order valence-electron chi connectivity index (χ4n) is 5.39. The summed E-state index contributed by atoms with van der Waals surface area (Å²) in [5.41, 5.74) is 2.57. The van der Waals surface area contributed by atoms with Gasteiger partial charge in [0.2, 0.25) is 11.8 Å². The maximum atomic E-state index is 13.8. The van der Waals surface area contributed by atoms with Gasteiger partial charge in [0.1, 0.15) is 18.0 Å². The van der Waals surface area contributed by atoms with Gasteiger partial charge in [0.05, 0.1) is 26.3 Å². The summed E-state index contributed by atoms with van der Waals surface area (Å²) in [6.45, 7) is 1.14. The van der Waals surface area contributed by atoms with E-state index in [9.17, 15) is 18.8 Å². The van der Waals surface area contributed by atoms with Crippen molar-refractivity contribution in [3.8, 4) is 0 Å². The molecule has 4 amide bonds. The second kappa shape index (κ2) is 12.9. The fourth-order valence-corrected chi connectivity index (χ4v) is 5.39. The van der Waals surface area contributed by atoms with Gasteiger partial charge in [-0.25, -0.2) is 19.2 Å². The molecule has 2 fully saturated rings. The number of halogens is 1. The van der Waals surface area contributed by atoms with Crippen LogP contribution in [0.25, 0.3) is 0 Å². The zero-order valence-corrected chi connectivity index (χ0v) is 23.0. The van der Waals surface area contributed by atoms with Crippen molar-refractivity contribution in [1.29, 1.82) is 0 Å². The molecular formula is C31H34FN5O4. The summed E-state index contributed by atoms with van der Waals surface area (Å²) in [5.74, 6) is -0.735. The number of hydrazine groups is 1. The SMILES string of the molecule is CN1CC(=O)N2[C@@H](Cc3ccccc3)C(=O)N(CCOCc3cccc(F)c3)C[C@@H]2N1C(=O)NCc1ccccc1. The highest BCUT2D eigenvalue weighted by molar-refractivity contribution is 5.91. The van der Waals surface area contributed by atoms with E-state index >= 15 is 0 Å². The van der Waals surface area contributed by atoms with Crippen molar-refractivity contribution in [2.75, 3.05) is 33.3 Å². The van der Waals surface area contributed by atoms with Crippen molar-refractivity contribution in [2.45, 2.75) is 31.8 Å². The number of amides is 4. The van der Waals surface area contributed by atoms with Gasteiger partial charge in [-0.05, 0) is 28.8 Å². The van der Waals surface area contributed by atoms with E-state index in [0.717, 1.165) is 11.1 Å². The van der Waals surface area contributed by atoms with Crippen molar-refractivity contribution < 1.29 is 23.5 Å². The lowest BCUT2D eigenvalue weighted by molar-refractivity contribution is -0.187. The van der Waals surface area contributed by atoms with Crippen LogP contribution < -0.4 is 5.32 Å². The summed E-state index contributed by atoms with van der Waals surface area (Å²) in [6.07, 6.45) is -0.363. The predicted molar refractivity (Wildman–Crippen MR) is 150 cm³/mol. The molecule has 9 nitrogen and oxygen atoms in total. The minimum atomic E-state index is -0.773. The smallest absolute Gasteiger partial charge is 0.334 e. The van der Waals surface area contributed by atoms with E-state index in [-0.39, 0.29) is 56.5 Å². The fraction of sp³-hybridized carbons (Fsp3) is 0.323. The number of likely N-dealkylation sites (N-methyl/N-ethyl adjacent to an activating group) is 1. The Balaban J connectivity index is 1.34. The molecule has 3 aromatic rings. The lowest BCUT2D eigenvalue weighted by Gasteiger charge is -2.54. The van der Waals surface area contributed by atoms with Gasteiger partial charge in [-0.3, -0.25) is 9.59 Å². The van der Waals surface area contributed by atoms with Gasteiger partial charge in [0.25, 0.3) is 0 Å². The number of hydrogen-bond donors (Lipinski definition) is 1. The van der Waals surface area contributed by atoms with Crippen LogP contribution in [0.15, 0.2) is 84.9 Å². The number of carbonyl (C=O) groups excluding carboxylic acids is 3. The van der Waals surface area contributed by atoms with Crippen molar-refractivity contribution in [2.24, 2.45) is 0 Å². The molecule has 214 valence electrons. The molecule has 5 rings (SSSR count). The Kier molecular flexibility index (Phi) is 8.91. The summed E-state index contributed by atoms with van der Waals surface area (Å²) in [6, 6.07) is 24.2. The Morgan fingerprint density at radius 2 is 1.63 bits per heavy atom. The number of hydrogen-bond acceptors (Lipinski definition) is 5. The first kappa shape index (κ1) is 28.3. The number of urea groups is 1. The lowest BCUT2D eigenvalue weighted by atomic mass is 9.99. The Morgan fingerprint density at radius 1 is 0.951 bits per heavy atom. The Bertz CT molecular complexity index is 1360. The molecule has 2 heterocycles. The van der Waals surface area contributed by atoms with E-state index < -0.39 is 12.2 Å². The molecule has 2 aliphatic heterocycles. The molecular weight excluding hydrogens is 525 g/mol. The maximum Gasteiger partial charge on any atom is 0.334 e. The van der Waals surface area contributed by atoms with E-state index in [1.165, 1.54) is 17.1 Å². The van der Waals surface area contributed by atoms with Crippen LogP contribution in [0.5, 0.6) is 0 Å². The van der Waals surface area contributed by atoms with E-state index in [2.05, 4.69) is 5.32 Å². The molecule has 2 atom stereocenters. The van der Waals surface area contributed by atoms with Gasteiger partial charge in [-0.1, -0.05) is 72.8 Å². The third kappa shape index (κ3) is 6.72. The molecule has 2 saturated heterocycles. The van der Waals surface area contributed by atoms with Crippen LogP contribution in [-0.4, -0.2) is 83.2 Å². The minimum Gasteiger partial charge on any atom is -0.375 e. The van der Waals surface area contributed by atoms with E-state index in [1.54, 1.807) is 34.0 Å². The summed E-state index contributed by atoms with van der Waals surface area (Å²) in [5, 5.41) is 6.11. The number of nitrogens with zero attached hydrogens (tertiary/aromatic N) is 4. The lowest BCUT2D eigenvalue weighted by Crippen LogP contribution is -2.76. The van der Waals surface area contributed by atoms with Gasteiger partial charge in [-0.15, -0.1) is 0 Å². The highest BCUT2D eigenvalue weighted by Crippen LogP contribution is 2.27. The number of nitrogens with one attached hydrogen (secondary N) is 1. The monoisotopic (exact) mass is 559 g/mol. The van der Waals surface area contributed by atoms with Gasteiger partial charge < -0.3 is 19.9 Å². The summed E-state index contributed by atoms with van der Waals surface area (Å²) in [7, 11) is 1.70. The number of ether oxygens (including phenoxy) is 1. The highest BCUT2D eigenvalue weighted by Gasteiger charge is 2.50. The van der Waals surface area contributed by atoms with Gasteiger partial charge in [0, 0.05) is 26.6 Å². The molecule has 0 unspecified atom stereocenters. The van der Waals surface area contributed by atoms with Gasteiger partial charge in [0.15, 0.2) is 0 Å². The number of piperazine rings is 1. The Hall–Kier alpha value is -4.28. The van der Waals surface area contributed by atoms with Crippen LogP contribution in [0.1, 0.15) is 16.7 Å². The Morgan fingerprint density at radius 3 is 2.34 bits per heavy atom. The second-order valence-electron chi connectivity index (χ2n) is 10.3. The quantitative estimate of drug-likeness (QED) is 0.408. The molecule has 1 N–H and O–H groups in total. The first-order valence-electron chi connectivity index (χ1n) is 13.7. The Labute approximate surface area is 239 Å². The number of rotatable bonds is 9. The van der Waals surface area contributed by atoms with Crippen LogP contribution >= 0.6 is 0 Å². The summed E-state index contributed by atoms with van der Waals surface area (Å²) < 4.78 is 19.3. The van der Waals surface area contributed by atoms with E-state index in [1.807, 2.05) is 60.7 Å². The summed E-state index contributed by atoms with van der Waals surface area (Å²) >= 11 is 0. The molecule has 0 bridgehead atoms. The summed E-state index contributed by atoms with van der Waals surface area (Å²) in [4.78, 5) is 43.9. The largest absolute Gasteiger partial charge is 0.375 e. The van der Waals surface area contributed by atoms with Crippen LogP contribution in [0.3, 0.4) is 0 Å².